The first-order valence-electron chi connectivity index (χ1n) is 6.42. The molecule has 3 rings (SSSR count). The van der Waals surface area contributed by atoms with Crippen LogP contribution in [0.3, 0.4) is 0 Å². The second-order valence-electron chi connectivity index (χ2n) is 4.60. The third kappa shape index (κ3) is 2.60. The van der Waals surface area contributed by atoms with Gasteiger partial charge in [-0.25, -0.2) is 0 Å². The largest absolute Gasteiger partial charge is 0.268 e. The van der Waals surface area contributed by atoms with Crippen LogP contribution in [0.15, 0.2) is 67.0 Å². The van der Waals surface area contributed by atoms with Gasteiger partial charge in [0.25, 0.3) is 0 Å². The molecule has 0 bridgehead atoms. The third-order valence-corrected chi connectivity index (χ3v) is 3.14. The molecule has 0 unspecified atom stereocenters. The maximum atomic E-state index is 8.91. The van der Waals surface area contributed by atoms with Gasteiger partial charge in [0.05, 0.1) is 24.4 Å². The molecular weight excluding hydrogens is 246 g/mol. The van der Waals surface area contributed by atoms with Gasteiger partial charge < -0.3 is 0 Å². The molecule has 0 saturated heterocycles. The van der Waals surface area contributed by atoms with Gasteiger partial charge in [0.15, 0.2) is 0 Å². The Morgan fingerprint density at radius 1 is 1.00 bits per heavy atom. The lowest BCUT2D eigenvalue weighted by molar-refractivity contribution is 0.687. The molecule has 0 atom stereocenters. The van der Waals surface area contributed by atoms with E-state index in [1.165, 1.54) is 0 Å². The van der Waals surface area contributed by atoms with E-state index in [0.29, 0.717) is 12.1 Å². The molecule has 3 aromatic rings. The molecule has 3 heteroatoms. The summed E-state index contributed by atoms with van der Waals surface area (Å²) in [6, 6.07) is 19.9. The predicted molar refractivity (Wildman–Crippen MR) is 77.9 cm³/mol. The average molecular weight is 259 g/mol. The Hall–Kier alpha value is -2.86. The summed E-state index contributed by atoms with van der Waals surface area (Å²) in [6.45, 7) is 0.669. The fourth-order valence-electron chi connectivity index (χ4n) is 2.16. The number of benzene rings is 2. The Labute approximate surface area is 117 Å². The summed E-state index contributed by atoms with van der Waals surface area (Å²) in [7, 11) is 0. The van der Waals surface area contributed by atoms with E-state index in [1.54, 1.807) is 0 Å². The minimum Gasteiger partial charge on any atom is -0.268 e. The molecule has 0 spiro atoms. The molecule has 0 saturated carbocycles. The summed E-state index contributed by atoms with van der Waals surface area (Å²) in [4.78, 5) is 0. The van der Waals surface area contributed by atoms with E-state index in [1.807, 2.05) is 59.5 Å². The predicted octanol–water partition coefficient (Wildman–Crippen LogP) is 3.47. The molecule has 96 valence electrons. The van der Waals surface area contributed by atoms with Crippen LogP contribution in [0, 0.1) is 11.3 Å². The van der Waals surface area contributed by atoms with Crippen molar-refractivity contribution in [2.75, 3.05) is 0 Å². The van der Waals surface area contributed by atoms with Gasteiger partial charge in [0.1, 0.15) is 0 Å². The Morgan fingerprint density at radius 2 is 1.85 bits per heavy atom. The zero-order valence-electron chi connectivity index (χ0n) is 10.9. The maximum Gasteiger partial charge on any atom is 0.0991 e. The zero-order valence-corrected chi connectivity index (χ0v) is 10.9. The van der Waals surface area contributed by atoms with E-state index < -0.39 is 0 Å². The van der Waals surface area contributed by atoms with Gasteiger partial charge in [-0.15, -0.1) is 0 Å². The van der Waals surface area contributed by atoms with E-state index in [2.05, 4.69) is 23.3 Å². The molecule has 0 aliphatic carbocycles. The lowest BCUT2D eigenvalue weighted by atomic mass is 10.1. The molecule has 1 heterocycles. The van der Waals surface area contributed by atoms with Gasteiger partial charge in [-0.2, -0.15) is 10.4 Å². The second kappa shape index (κ2) is 5.41. The van der Waals surface area contributed by atoms with Crippen molar-refractivity contribution in [2.45, 2.75) is 6.54 Å². The summed E-state index contributed by atoms with van der Waals surface area (Å²) in [5.41, 5.74) is 4.01. The monoisotopic (exact) mass is 259 g/mol. The molecule has 0 radical (unpaired) electrons. The molecule has 3 nitrogen and oxygen atoms in total. The number of nitriles is 1. The summed E-state index contributed by atoms with van der Waals surface area (Å²) in [5.74, 6) is 0. The van der Waals surface area contributed by atoms with Crippen molar-refractivity contribution in [2.24, 2.45) is 0 Å². The van der Waals surface area contributed by atoms with Gasteiger partial charge in [-0.1, -0.05) is 42.5 Å². The summed E-state index contributed by atoms with van der Waals surface area (Å²) < 4.78 is 1.89. The van der Waals surface area contributed by atoms with Gasteiger partial charge in [-0.3, -0.25) is 4.68 Å². The molecule has 0 aliphatic heterocycles. The molecule has 1 aromatic heterocycles. The molecule has 2 aromatic carbocycles. The van der Waals surface area contributed by atoms with Crippen molar-refractivity contribution in [3.8, 4) is 17.2 Å². The fourth-order valence-corrected chi connectivity index (χ4v) is 2.16. The van der Waals surface area contributed by atoms with E-state index in [4.69, 9.17) is 5.26 Å². The Morgan fingerprint density at radius 3 is 2.65 bits per heavy atom. The third-order valence-electron chi connectivity index (χ3n) is 3.14. The minimum atomic E-state index is 0.669. The van der Waals surface area contributed by atoms with Crippen LogP contribution in [0.4, 0.5) is 0 Å². The number of rotatable bonds is 3. The van der Waals surface area contributed by atoms with E-state index >= 15 is 0 Å². The summed E-state index contributed by atoms with van der Waals surface area (Å²) in [6.07, 6.45) is 3.89. The van der Waals surface area contributed by atoms with E-state index in [9.17, 15) is 0 Å². The van der Waals surface area contributed by atoms with Crippen LogP contribution in [0.25, 0.3) is 11.1 Å². The van der Waals surface area contributed by atoms with Crippen LogP contribution in [0.1, 0.15) is 11.1 Å². The first-order chi connectivity index (χ1) is 9.85. The molecule has 0 amide bonds. The standard InChI is InChI=1S/C17H13N3/c18-10-14-5-4-6-15(9-14)12-20-13-17(11-19-20)16-7-2-1-3-8-16/h1-9,11,13H,12H2. The van der Waals surface area contributed by atoms with Crippen LogP contribution in [-0.2, 0) is 6.54 Å². The molecule has 0 aliphatic rings. The van der Waals surface area contributed by atoms with Gasteiger partial charge in [0.2, 0.25) is 0 Å². The SMILES string of the molecule is N#Cc1cccc(Cn2cc(-c3ccccc3)cn2)c1. The smallest absolute Gasteiger partial charge is 0.0991 e. The van der Waals surface area contributed by atoms with E-state index in [-0.39, 0.29) is 0 Å². The number of hydrogen-bond donors (Lipinski definition) is 0. The lowest BCUT2D eigenvalue weighted by Gasteiger charge is -2.02. The van der Waals surface area contributed by atoms with Crippen LogP contribution < -0.4 is 0 Å². The van der Waals surface area contributed by atoms with Crippen molar-refractivity contribution in [3.63, 3.8) is 0 Å². The Bertz CT molecular complexity index is 751. The van der Waals surface area contributed by atoms with Crippen LogP contribution in [0.2, 0.25) is 0 Å². The minimum absolute atomic E-state index is 0.669. The lowest BCUT2D eigenvalue weighted by Crippen LogP contribution is -1.99. The average Bonchev–Trinajstić information content (AvgIpc) is 2.97. The van der Waals surface area contributed by atoms with Crippen LogP contribution in [0.5, 0.6) is 0 Å². The highest BCUT2D eigenvalue weighted by atomic mass is 15.3. The van der Waals surface area contributed by atoms with Gasteiger partial charge >= 0.3 is 0 Å². The topological polar surface area (TPSA) is 41.6 Å². The number of nitrogens with zero attached hydrogens (tertiary/aromatic N) is 3. The normalized spacial score (nSPS) is 10.2. The van der Waals surface area contributed by atoms with Crippen LogP contribution in [-0.4, -0.2) is 9.78 Å². The number of hydrogen-bond acceptors (Lipinski definition) is 2. The molecule has 0 N–H and O–H groups in total. The highest BCUT2D eigenvalue weighted by Gasteiger charge is 2.02. The quantitative estimate of drug-likeness (QED) is 0.722. The summed E-state index contributed by atoms with van der Waals surface area (Å²) >= 11 is 0. The highest BCUT2D eigenvalue weighted by Crippen LogP contribution is 2.18. The van der Waals surface area contributed by atoms with E-state index in [0.717, 1.165) is 16.7 Å². The van der Waals surface area contributed by atoms with Crippen molar-refractivity contribution < 1.29 is 0 Å². The Balaban J connectivity index is 1.83. The maximum absolute atomic E-state index is 8.91. The van der Waals surface area contributed by atoms with Gasteiger partial charge in [0, 0.05) is 11.8 Å². The fraction of sp³-hybridized carbons (Fsp3) is 0.0588. The van der Waals surface area contributed by atoms with Crippen molar-refractivity contribution in [3.05, 3.63) is 78.1 Å². The van der Waals surface area contributed by atoms with Gasteiger partial charge in [-0.05, 0) is 23.3 Å². The molecule has 20 heavy (non-hydrogen) atoms. The zero-order chi connectivity index (χ0) is 13.8. The first-order valence-corrected chi connectivity index (χ1v) is 6.42. The first kappa shape index (κ1) is 12.2. The molecular formula is C17H13N3. The van der Waals surface area contributed by atoms with Crippen molar-refractivity contribution >= 4 is 0 Å². The van der Waals surface area contributed by atoms with Crippen molar-refractivity contribution in [1.82, 2.24) is 9.78 Å². The second-order valence-corrected chi connectivity index (χ2v) is 4.60. The molecule has 0 fully saturated rings. The number of aromatic nitrogens is 2. The summed E-state index contributed by atoms with van der Waals surface area (Å²) in [5, 5.41) is 13.3. The van der Waals surface area contributed by atoms with Crippen LogP contribution >= 0.6 is 0 Å². The Kier molecular flexibility index (Phi) is 3.30. The highest BCUT2D eigenvalue weighted by molar-refractivity contribution is 5.61. The van der Waals surface area contributed by atoms with Crippen molar-refractivity contribution in [1.29, 1.82) is 5.26 Å².